The molecule has 0 spiro atoms. The van der Waals surface area contributed by atoms with E-state index in [1.807, 2.05) is 0 Å². The zero-order chi connectivity index (χ0) is 22.1. The fraction of sp³-hybridized carbons (Fsp3) is 0.545. The maximum absolute atomic E-state index is 11.8. The molecule has 19 heteroatoms. The molecule has 1 aliphatic heterocycles. The third-order valence-corrected chi connectivity index (χ3v) is 7.34. The van der Waals surface area contributed by atoms with E-state index in [0.717, 1.165) is 0 Å². The monoisotopic (exact) mass is 486 g/mol. The van der Waals surface area contributed by atoms with Crippen molar-refractivity contribution in [1.82, 2.24) is 19.5 Å². The number of nitrogens with zero attached hydrogens (tertiary/aromatic N) is 4. The number of rotatable bonds is 9. The second-order valence-corrected chi connectivity index (χ2v) is 9.66. The number of fused-ring (bicyclic) bond motifs is 1. The van der Waals surface area contributed by atoms with Crippen LogP contribution in [0.2, 0.25) is 0 Å². The van der Waals surface area contributed by atoms with Gasteiger partial charge in [-0.25, -0.2) is 18.7 Å². The van der Waals surface area contributed by atoms with Crippen molar-refractivity contribution in [1.29, 1.82) is 0 Å². The average Bonchev–Trinajstić information content (AvgIpc) is 3.22. The number of aliphatic hydroxyl groups excluding tert-OH is 1. The van der Waals surface area contributed by atoms with Crippen LogP contribution in [0.3, 0.4) is 0 Å². The zero-order valence-electron chi connectivity index (χ0n) is 14.9. The van der Waals surface area contributed by atoms with Crippen LogP contribution in [0, 0.1) is 5.92 Å². The number of phosphoric acid groups is 2. The predicted octanol–water partition coefficient (Wildman–Crippen LogP) is 0.344. The number of imidazole rings is 1. The van der Waals surface area contributed by atoms with Gasteiger partial charge in [-0.15, -0.1) is 0 Å². The number of nitrogens with two attached hydrogens (primary N) is 2. The molecule has 1 saturated heterocycles. The van der Waals surface area contributed by atoms with Gasteiger partial charge in [0.05, 0.1) is 19.0 Å². The van der Waals surface area contributed by atoms with Gasteiger partial charge in [0.15, 0.2) is 11.5 Å². The molecule has 1 fully saturated rings. The standard InChI is InChI=1S/C11H17N6O10P3/c12-9-8-10(16-11(13)15-9)17(4-14-8)7-1-5(2-18)6(25-7)3-24-29(20,21)27-30(22,23)26-28-19/h4-7,18H,1-3H2,(H,20,21)(H,22,23)(H4,12,13,15,16)/t5-,6-,7-/m1/s1. The summed E-state index contributed by atoms with van der Waals surface area (Å²) in [4.78, 5) is 30.7. The Morgan fingerprint density at radius 3 is 2.70 bits per heavy atom. The van der Waals surface area contributed by atoms with E-state index in [9.17, 15) is 23.7 Å². The Kier molecular flexibility index (Phi) is 6.84. The van der Waals surface area contributed by atoms with Crippen LogP contribution < -0.4 is 11.5 Å². The van der Waals surface area contributed by atoms with Crippen molar-refractivity contribution in [2.24, 2.45) is 5.92 Å². The number of hydrogen-bond acceptors (Lipinski definition) is 13. The lowest BCUT2D eigenvalue weighted by molar-refractivity contribution is -0.0328. The van der Waals surface area contributed by atoms with E-state index in [2.05, 4.69) is 28.1 Å². The summed E-state index contributed by atoms with van der Waals surface area (Å²) in [6, 6.07) is 0. The molecule has 0 radical (unpaired) electrons. The second kappa shape index (κ2) is 8.89. The Morgan fingerprint density at radius 1 is 1.30 bits per heavy atom. The van der Waals surface area contributed by atoms with E-state index >= 15 is 0 Å². The van der Waals surface area contributed by atoms with Crippen molar-refractivity contribution in [3.63, 3.8) is 0 Å². The first-order chi connectivity index (χ1) is 14.0. The fourth-order valence-corrected chi connectivity index (χ4v) is 5.16. The van der Waals surface area contributed by atoms with Gasteiger partial charge in [-0.3, -0.25) is 9.09 Å². The van der Waals surface area contributed by atoms with E-state index in [-0.39, 0.29) is 36.0 Å². The largest absolute Gasteiger partial charge is 0.491 e. The molecular formula is C11H17N6O10P3. The predicted molar refractivity (Wildman–Crippen MR) is 98.6 cm³/mol. The molecule has 16 nitrogen and oxygen atoms in total. The summed E-state index contributed by atoms with van der Waals surface area (Å²) < 4.78 is 53.0. The Hall–Kier alpha value is -1.57. The van der Waals surface area contributed by atoms with Gasteiger partial charge < -0.3 is 31.1 Å². The number of aromatic nitrogens is 4. The number of hydrogen-bond donors (Lipinski definition) is 5. The first-order valence-electron chi connectivity index (χ1n) is 8.10. The lowest BCUT2D eigenvalue weighted by Gasteiger charge is -2.19. The molecule has 3 heterocycles. The lowest BCUT2D eigenvalue weighted by Crippen LogP contribution is -2.24. The second-order valence-electron chi connectivity index (χ2n) is 6.07. The smallest absolute Gasteiger partial charge is 0.396 e. The van der Waals surface area contributed by atoms with Gasteiger partial charge in [0, 0.05) is 18.9 Å². The minimum atomic E-state index is -5.09. The van der Waals surface area contributed by atoms with Gasteiger partial charge in [-0.2, -0.15) is 18.6 Å². The van der Waals surface area contributed by atoms with Crippen molar-refractivity contribution in [3.8, 4) is 0 Å². The van der Waals surface area contributed by atoms with E-state index < -0.39 is 49.2 Å². The van der Waals surface area contributed by atoms with E-state index in [1.165, 1.54) is 10.9 Å². The molecule has 3 rings (SSSR count). The van der Waals surface area contributed by atoms with Crippen molar-refractivity contribution in [2.45, 2.75) is 18.8 Å². The molecule has 1 aliphatic rings. The molecule has 7 N–H and O–H groups in total. The summed E-state index contributed by atoms with van der Waals surface area (Å²) in [5.74, 6) is -0.550. The van der Waals surface area contributed by atoms with E-state index in [1.54, 1.807) is 0 Å². The molecular weight excluding hydrogens is 469 g/mol. The minimum Gasteiger partial charge on any atom is -0.396 e. The van der Waals surface area contributed by atoms with Gasteiger partial charge >= 0.3 is 24.3 Å². The van der Waals surface area contributed by atoms with Gasteiger partial charge in [-0.05, 0) is 0 Å². The Balaban J connectivity index is 1.72. The van der Waals surface area contributed by atoms with Crippen molar-refractivity contribution < 1.29 is 46.5 Å². The number of nitrogen functional groups attached to an aromatic ring is 2. The van der Waals surface area contributed by atoms with Gasteiger partial charge in [-0.1, -0.05) is 0 Å². The normalized spacial score (nSPS) is 26.0. The van der Waals surface area contributed by atoms with Gasteiger partial charge in [0.1, 0.15) is 11.7 Å². The van der Waals surface area contributed by atoms with Crippen LogP contribution in [0.4, 0.5) is 11.8 Å². The summed E-state index contributed by atoms with van der Waals surface area (Å²) in [5.41, 5.74) is 11.9. The molecule has 0 aliphatic carbocycles. The highest BCUT2D eigenvalue weighted by atomic mass is 31.3. The average molecular weight is 486 g/mol. The van der Waals surface area contributed by atoms with Crippen LogP contribution in [-0.2, 0) is 31.6 Å². The summed E-state index contributed by atoms with van der Waals surface area (Å²) in [5, 5.41) is 9.61. The molecule has 30 heavy (non-hydrogen) atoms. The molecule has 0 saturated carbocycles. The van der Waals surface area contributed by atoms with Crippen LogP contribution in [-0.4, -0.2) is 53.7 Å². The first-order valence-corrected chi connectivity index (χ1v) is 11.8. The lowest BCUT2D eigenvalue weighted by atomic mass is 10.0. The molecule has 0 bridgehead atoms. The van der Waals surface area contributed by atoms with Crippen molar-refractivity contribution in [2.75, 3.05) is 24.7 Å². The molecule has 0 aromatic carbocycles. The highest BCUT2D eigenvalue weighted by Gasteiger charge is 2.41. The third kappa shape index (κ3) is 5.18. The number of aliphatic hydroxyl groups is 1. The van der Waals surface area contributed by atoms with Gasteiger partial charge in [0.25, 0.3) is 0 Å². The first kappa shape index (κ1) is 23.1. The summed E-state index contributed by atoms with van der Waals surface area (Å²) in [6.45, 7) is -0.944. The molecule has 0 amide bonds. The third-order valence-electron chi connectivity index (χ3n) is 4.12. The maximum Gasteiger partial charge on any atom is 0.491 e. The Morgan fingerprint density at radius 2 is 2.03 bits per heavy atom. The summed E-state index contributed by atoms with van der Waals surface area (Å²) >= 11 is 0. The molecule has 2 aromatic heterocycles. The highest BCUT2D eigenvalue weighted by molar-refractivity contribution is 7.63. The Bertz CT molecular complexity index is 1030. The van der Waals surface area contributed by atoms with Gasteiger partial charge in [0.2, 0.25) is 5.95 Å². The van der Waals surface area contributed by atoms with Crippen LogP contribution in [0.5, 0.6) is 0 Å². The number of ether oxygens (including phenoxy) is 1. The highest BCUT2D eigenvalue weighted by Crippen LogP contribution is 2.62. The molecule has 166 valence electrons. The maximum atomic E-state index is 11.8. The van der Waals surface area contributed by atoms with Crippen LogP contribution in [0.25, 0.3) is 11.2 Å². The van der Waals surface area contributed by atoms with E-state index in [0.29, 0.717) is 0 Å². The fourth-order valence-electron chi connectivity index (χ4n) is 2.87. The van der Waals surface area contributed by atoms with Crippen LogP contribution in [0.1, 0.15) is 12.6 Å². The van der Waals surface area contributed by atoms with E-state index in [4.69, 9.17) is 21.1 Å². The molecule has 2 aromatic rings. The summed E-state index contributed by atoms with van der Waals surface area (Å²) in [6.07, 6.45) is 0.0150. The zero-order valence-corrected chi connectivity index (χ0v) is 17.6. The SMILES string of the molecule is Nc1nc(N)c2ncn([C@H]3C[C@H](CO)[C@@H](COP(=O)(O)OP(=O)(O)OP=O)O3)c2n1. The number of phosphoric ester groups is 1. The summed E-state index contributed by atoms with van der Waals surface area (Å²) in [7, 11) is -11.4. The minimum absolute atomic E-state index is 0.0688. The van der Waals surface area contributed by atoms with Crippen molar-refractivity contribution >= 4 is 47.3 Å². The quantitative estimate of drug-likeness (QED) is 0.300. The van der Waals surface area contributed by atoms with Crippen LogP contribution in [0.15, 0.2) is 6.33 Å². The Labute approximate surface area is 169 Å². The molecule has 2 unspecified atom stereocenters. The molecule has 5 atom stereocenters. The van der Waals surface area contributed by atoms with Crippen molar-refractivity contribution in [3.05, 3.63) is 6.33 Å². The van der Waals surface area contributed by atoms with Crippen LogP contribution >= 0.6 is 24.3 Å². The topological polar surface area (TPSA) is 244 Å². The number of anilines is 2.